The average molecular weight is 585 g/mol. The van der Waals surface area contributed by atoms with Gasteiger partial charge < -0.3 is 9.64 Å². The molecule has 1 saturated heterocycles. The van der Waals surface area contributed by atoms with E-state index in [9.17, 15) is 4.79 Å². The van der Waals surface area contributed by atoms with Crippen molar-refractivity contribution < 1.29 is 9.53 Å². The van der Waals surface area contributed by atoms with Crippen LogP contribution in [0.15, 0.2) is 60.7 Å². The standard InChI is InChI=1S/C33H43Cl2N3O2/c1-24(2)19-37(20-25(3)4)22-33(39)38-15-13-36(14-16-38)21-32(30-12-11-29(34)18-31(30)35)40-23-26-9-10-27-7-5-6-8-28(27)17-26/h5-12,17-18,24-25,32H,13-16,19-23H2,1-4H3/t32-/m0/s1. The molecule has 40 heavy (non-hydrogen) atoms. The van der Waals surface area contributed by atoms with Crippen LogP contribution in [0.2, 0.25) is 10.0 Å². The predicted molar refractivity (Wildman–Crippen MR) is 167 cm³/mol. The smallest absolute Gasteiger partial charge is 0.236 e. The molecule has 1 atom stereocenters. The predicted octanol–water partition coefficient (Wildman–Crippen LogP) is 7.16. The van der Waals surface area contributed by atoms with E-state index in [4.69, 9.17) is 27.9 Å². The van der Waals surface area contributed by atoms with Gasteiger partial charge in [-0.05, 0) is 46.4 Å². The van der Waals surface area contributed by atoms with Crippen LogP contribution >= 0.6 is 23.2 Å². The van der Waals surface area contributed by atoms with E-state index in [-0.39, 0.29) is 12.0 Å². The summed E-state index contributed by atoms with van der Waals surface area (Å²) in [5, 5.41) is 3.64. The first kappa shape index (κ1) is 30.8. The van der Waals surface area contributed by atoms with Gasteiger partial charge in [-0.1, -0.05) is 93.4 Å². The number of piperazine rings is 1. The van der Waals surface area contributed by atoms with Crippen molar-refractivity contribution in [3.8, 4) is 0 Å². The molecule has 0 unspecified atom stereocenters. The number of carbonyl (C=O) groups excluding carboxylic acids is 1. The molecule has 0 aromatic heterocycles. The number of benzene rings is 3. The topological polar surface area (TPSA) is 36.0 Å². The summed E-state index contributed by atoms with van der Waals surface area (Å²) >= 11 is 12.8. The van der Waals surface area contributed by atoms with Crippen molar-refractivity contribution in [1.82, 2.24) is 14.7 Å². The number of fused-ring (bicyclic) bond motifs is 1. The highest BCUT2D eigenvalue weighted by molar-refractivity contribution is 6.35. The Balaban J connectivity index is 1.38. The van der Waals surface area contributed by atoms with E-state index in [0.29, 0.717) is 41.6 Å². The molecule has 3 aromatic rings. The molecule has 0 aliphatic carbocycles. The molecule has 5 nitrogen and oxygen atoms in total. The third-order valence-electron chi connectivity index (χ3n) is 7.33. The molecule has 4 rings (SSSR count). The van der Waals surface area contributed by atoms with Gasteiger partial charge in [-0.25, -0.2) is 0 Å². The van der Waals surface area contributed by atoms with Crippen molar-refractivity contribution in [3.05, 3.63) is 81.8 Å². The Morgan fingerprint density at radius 2 is 1.55 bits per heavy atom. The largest absolute Gasteiger partial charge is 0.367 e. The molecule has 3 aromatic carbocycles. The van der Waals surface area contributed by atoms with E-state index >= 15 is 0 Å². The lowest BCUT2D eigenvalue weighted by Crippen LogP contribution is -2.52. The summed E-state index contributed by atoms with van der Waals surface area (Å²) in [6.07, 6.45) is -0.217. The molecule has 1 amide bonds. The van der Waals surface area contributed by atoms with Crippen LogP contribution in [0.5, 0.6) is 0 Å². The highest BCUT2D eigenvalue weighted by Gasteiger charge is 2.26. The number of halogens is 2. The second kappa shape index (κ2) is 14.7. The molecular formula is C33H43Cl2N3O2. The molecule has 0 radical (unpaired) electrons. The summed E-state index contributed by atoms with van der Waals surface area (Å²) < 4.78 is 6.53. The molecular weight excluding hydrogens is 541 g/mol. The van der Waals surface area contributed by atoms with Crippen molar-refractivity contribution in [2.45, 2.75) is 40.4 Å². The first-order valence-electron chi connectivity index (χ1n) is 14.4. The van der Waals surface area contributed by atoms with E-state index in [1.165, 1.54) is 10.8 Å². The van der Waals surface area contributed by atoms with Crippen molar-refractivity contribution in [1.29, 1.82) is 0 Å². The second-order valence-electron chi connectivity index (χ2n) is 11.8. The number of carbonyl (C=O) groups is 1. The van der Waals surface area contributed by atoms with Gasteiger partial charge in [0.2, 0.25) is 5.91 Å². The summed E-state index contributed by atoms with van der Waals surface area (Å²) in [6.45, 7) is 15.5. The minimum Gasteiger partial charge on any atom is -0.367 e. The van der Waals surface area contributed by atoms with Gasteiger partial charge in [0.05, 0.1) is 19.3 Å². The fourth-order valence-electron chi connectivity index (χ4n) is 5.47. The van der Waals surface area contributed by atoms with E-state index in [1.807, 2.05) is 17.0 Å². The van der Waals surface area contributed by atoms with Crippen molar-refractivity contribution in [2.75, 3.05) is 52.4 Å². The van der Waals surface area contributed by atoms with Crippen LogP contribution in [0, 0.1) is 11.8 Å². The zero-order valence-electron chi connectivity index (χ0n) is 24.3. The van der Waals surface area contributed by atoms with E-state index < -0.39 is 0 Å². The molecule has 0 N–H and O–H groups in total. The number of hydrogen-bond donors (Lipinski definition) is 0. The molecule has 216 valence electrons. The Labute approximate surface area is 250 Å². The summed E-state index contributed by atoms with van der Waals surface area (Å²) in [5.74, 6) is 1.30. The zero-order chi connectivity index (χ0) is 28.6. The minimum absolute atomic E-state index is 0.217. The lowest BCUT2D eigenvalue weighted by molar-refractivity contribution is -0.134. The zero-order valence-corrected chi connectivity index (χ0v) is 25.8. The quantitative estimate of drug-likeness (QED) is 0.226. The molecule has 1 aliphatic rings. The average Bonchev–Trinajstić information content (AvgIpc) is 2.90. The maximum absolute atomic E-state index is 13.2. The molecule has 1 heterocycles. The fourth-order valence-corrected chi connectivity index (χ4v) is 6.00. The van der Waals surface area contributed by atoms with Gasteiger partial charge in [0, 0.05) is 61.4 Å². The third kappa shape index (κ3) is 8.92. The third-order valence-corrected chi connectivity index (χ3v) is 7.89. The lowest BCUT2D eigenvalue weighted by atomic mass is 10.1. The minimum atomic E-state index is -0.217. The van der Waals surface area contributed by atoms with Crippen LogP contribution in [0.3, 0.4) is 0 Å². The maximum atomic E-state index is 13.2. The van der Waals surface area contributed by atoms with Gasteiger partial charge in [0.15, 0.2) is 0 Å². The molecule has 0 saturated carbocycles. The maximum Gasteiger partial charge on any atom is 0.236 e. The highest BCUT2D eigenvalue weighted by Crippen LogP contribution is 2.30. The molecule has 1 fully saturated rings. The first-order valence-corrected chi connectivity index (χ1v) is 15.2. The van der Waals surface area contributed by atoms with Crippen LogP contribution < -0.4 is 0 Å². The van der Waals surface area contributed by atoms with Crippen molar-refractivity contribution in [2.24, 2.45) is 11.8 Å². The van der Waals surface area contributed by atoms with Crippen molar-refractivity contribution >= 4 is 39.9 Å². The van der Waals surface area contributed by atoms with E-state index in [0.717, 1.165) is 50.4 Å². The number of hydrogen-bond acceptors (Lipinski definition) is 4. The number of nitrogens with zero attached hydrogens (tertiary/aromatic N) is 3. The van der Waals surface area contributed by atoms with E-state index in [2.05, 4.69) is 80.0 Å². The van der Waals surface area contributed by atoms with Crippen molar-refractivity contribution in [3.63, 3.8) is 0 Å². The first-order chi connectivity index (χ1) is 19.2. The molecule has 0 bridgehead atoms. The number of rotatable bonds is 12. The van der Waals surface area contributed by atoms with Gasteiger partial charge in [-0.15, -0.1) is 0 Å². The number of ether oxygens (including phenoxy) is 1. The summed E-state index contributed by atoms with van der Waals surface area (Å²) in [5.41, 5.74) is 2.06. The monoisotopic (exact) mass is 583 g/mol. The summed E-state index contributed by atoms with van der Waals surface area (Å²) in [6, 6.07) is 20.4. The SMILES string of the molecule is CC(C)CN(CC(=O)N1CCN(C[C@H](OCc2ccc3ccccc3c2)c2ccc(Cl)cc2Cl)CC1)CC(C)C. The fraction of sp³-hybridized carbons (Fsp3) is 0.485. The Morgan fingerprint density at radius 3 is 2.20 bits per heavy atom. The lowest BCUT2D eigenvalue weighted by Gasteiger charge is -2.37. The summed E-state index contributed by atoms with van der Waals surface area (Å²) in [4.78, 5) is 19.9. The Bertz CT molecular complexity index is 1250. The van der Waals surface area contributed by atoms with Crippen LogP contribution in [-0.2, 0) is 16.1 Å². The van der Waals surface area contributed by atoms with Crippen LogP contribution in [0.4, 0.5) is 0 Å². The summed E-state index contributed by atoms with van der Waals surface area (Å²) in [7, 11) is 0. The number of amides is 1. The molecule has 1 aliphatic heterocycles. The van der Waals surface area contributed by atoms with Gasteiger partial charge in [0.1, 0.15) is 0 Å². The Morgan fingerprint density at radius 1 is 0.875 bits per heavy atom. The second-order valence-corrected chi connectivity index (χ2v) is 12.7. The van der Waals surface area contributed by atoms with Crippen LogP contribution in [-0.4, -0.2) is 73.0 Å². The van der Waals surface area contributed by atoms with Gasteiger partial charge in [-0.2, -0.15) is 0 Å². The Kier molecular flexibility index (Phi) is 11.3. The molecule has 0 spiro atoms. The normalized spacial score (nSPS) is 15.5. The van der Waals surface area contributed by atoms with Gasteiger partial charge in [-0.3, -0.25) is 14.6 Å². The van der Waals surface area contributed by atoms with E-state index in [1.54, 1.807) is 6.07 Å². The highest BCUT2D eigenvalue weighted by atomic mass is 35.5. The Hall–Kier alpha value is -2.15. The van der Waals surface area contributed by atoms with Crippen LogP contribution in [0.1, 0.15) is 44.9 Å². The van der Waals surface area contributed by atoms with Crippen LogP contribution in [0.25, 0.3) is 10.8 Å². The molecule has 7 heteroatoms. The van der Waals surface area contributed by atoms with Gasteiger partial charge in [0.25, 0.3) is 0 Å². The van der Waals surface area contributed by atoms with Gasteiger partial charge >= 0.3 is 0 Å².